The van der Waals surface area contributed by atoms with E-state index in [9.17, 15) is 9.59 Å². The quantitative estimate of drug-likeness (QED) is 0.687. The second kappa shape index (κ2) is 8.57. The van der Waals surface area contributed by atoms with E-state index in [-0.39, 0.29) is 24.6 Å². The third-order valence-corrected chi connectivity index (χ3v) is 4.05. The molecule has 0 unspecified atom stereocenters. The maximum absolute atomic E-state index is 11.8. The highest BCUT2D eigenvalue weighted by Gasteiger charge is 2.26. The van der Waals surface area contributed by atoms with Crippen LogP contribution in [0.5, 0.6) is 5.88 Å². The molecule has 1 aromatic heterocycles. The van der Waals surface area contributed by atoms with Gasteiger partial charge in [-0.1, -0.05) is 11.6 Å². The first-order valence-electron chi connectivity index (χ1n) is 7.56. The van der Waals surface area contributed by atoms with E-state index in [2.05, 4.69) is 15.6 Å². The Labute approximate surface area is 139 Å². The van der Waals surface area contributed by atoms with Crippen molar-refractivity contribution >= 4 is 23.6 Å². The van der Waals surface area contributed by atoms with E-state index < -0.39 is 5.97 Å². The number of aliphatic carboxylic acids is 1. The van der Waals surface area contributed by atoms with E-state index in [0.717, 1.165) is 0 Å². The van der Waals surface area contributed by atoms with Gasteiger partial charge >= 0.3 is 12.0 Å². The molecule has 0 aliphatic heterocycles. The molecule has 0 saturated heterocycles. The molecule has 3 N–H and O–H groups in total. The number of carbonyl (C=O) groups is 2. The number of nitrogens with one attached hydrogen (secondary N) is 2. The van der Waals surface area contributed by atoms with Crippen LogP contribution >= 0.6 is 11.6 Å². The molecule has 8 heteroatoms. The van der Waals surface area contributed by atoms with Crippen LogP contribution in [0, 0.1) is 5.92 Å². The van der Waals surface area contributed by atoms with Crippen LogP contribution in [0.4, 0.5) is 4.79 Å². The number of carbonyl (C=O) groups excluding carboxylic acids is 1. The Hall–Kier alpha value is -2.02. The molecule has 0 radical (unpaired) electrons. The first-order chi connectivity index (χ1) is 11.1. The van der Waals surface area contributed by atoms with Crippen molar-refractivity contribution in [3.8, 4) is 5.88 Å². The van der Waals surface area contributed by atoms with Gasteiger partial charge in [-0.2, -0.15) is 0 Å². The lowest BCUT2D eigenvalue weighted by atomic mass is 9.86. The van der Waals surface area contributed by atoms with Gasteiger partial charge in [0, 0.05) is 12.2 Å². The zero-order valence-corrected chi connectivity index (χ0v) is 13.4. The molecule has 2 rings (SSSR count). The van der Waals surface area contributed by atoms with Crippen LogP contribution in [0.25, 0.3) is 0 Å². The Balaban J connectivity index is 1.61. The number of carboxylic acids is 1. The Bertz CT molecular complexity index is 547. The minimum Gasteiger partial charge on any atom is -0.481 e. The van der Waals surface area contributed by atoms with Crippen molar-refractivity contribution in [1.29, 1.82) is 0 Å². The summed E-state index contributed by atoms with van der Waals surface area (Å²) in [7, 11) is 0. The average molecular weight is 342 g/mol. The van der Waals surface area contributed by atoms with Crippen molar-refractivity contribution in [1.82, 2.24) is 15.6 Å². The molecule has 1 aromatic rings. The molecule has 0 bridgehead atoms. The molecule has 0 atom stereocenters. The van der Waals surface area contributed by atoms with Crippen LogP contribution in [-0.4, -0.2) is 41.3 Å². The van der Waals surface area contributed by atoms with Crippen molar-refractivity contribution in [2.75, 3.05) is 13.2 Å². The van der Waals surface area contributed by atoms with Crippen molar-refractivity contribution in [2.24, 2.45) is 5.92 Å². The minimum absolute atomic E-state index is 0.0248. The molecule has 126 valence electrons. The molecule has 1 fully saturated rings. The Morgan fingerprint density at radius 2 is 2.09 bits per heavy atom. The van der Waals surface area contributed by atoms with Crippen LogP contribution in [-0.2, 0) is 4.79 Å². The summed E-state index contributed by atoms with van der Waals surface area (Å²) in [5, 5.41) is 14.9. The highest BCUT2D eigenvalue weighted by atomic mass is 35.5. The fourth-order valence-electron chi connectivity index (χ4n) is 2.51. The SMILES string of the molecule is O=C(NCCOc1ncccc1Cl)NC1CCC(C(=O)O)CC1. The zero-order chi connectivity index (χ0) is 16.7. The number of carboxylic acid groups (broad SMARTS) is 1. The third kappa shape index (κ3) is 5.59. The molecule has 1 aliphatic rings. The number of nitrogens with zero attached hydrogens (tertiary/aromatic N) is 1. The number of urea groups is 1. The van der Waals surface area contributed by atoms with Crippen molar-refractivity contribution in [2.45, 2.75) is 31.7 Å². The van der Waals surface area contributed by atoms with Gasteiger partial charge in [-0.15, -0.1) is 0 Å². The van der Waals surface area contributed by atoms with Gasteiger partial charge in [0.05, 0.1) is 12.5 Å². The van der Waals surface area contributed by atoms with Gasteiger partial charge in [-0.05, 0) is 37.8 Å². The topological polar surface area (TPSA) is 101 Å². The van der Waals surface area contributed by atoms with Gasteiger partial charge in [-0.3, -0.25) is 4.79 Å². The van der Waals surface area contributed by atoms with Gasteiger partial charge in [0.1, 0.15) is 11.6 Å². The molecule has 7 nitrogen and oxygen atoms in total. The summed E-state index contributed by atoms with van der Waals surface area (Å²) >= 11 is 5.90. The van der Waals surface area contributed by atoms with Crippen molar-refractivity contribution in [3.05, 3.63) is 23.4 Å². The lowest BCUT2D eigenvalue weighted by molar-refractivity contribution is -0.142. The monoisotopic (exact) mass is 341 g/mol. The summed E-state index contributed by atoms with van der Waals surface area (Å²) in [5.74, 6) is -0.700. The molecular weight excluding hydrogens is 322 g/mol. The Kier molecular flexibility index (Phi) is 6.46. The number of halogens is 1. The second-order valence-electron chi connectivity index (χ2n) is 5.43. The molecule has 0 spiro atoms. The Morgan fingerprint density at radius 1 is 1.35 bits per heavy atom. The number of amides is 2. The van der Waals surface area contributed by atoms with Gasteiger partial charge < -0.3 is 20.5 Å². The molecule has 0 aromatic carbocycles. The largest absolute Gasteiger partial charge is 0.481 e. The van der Waals surface area contributed by atoms with Crippen LogP contribution < -0.4 is 15.4 Å². The molecule has 1 aliphatic carbocycles. The van der Waals surface area contributed by atoms with Gasteiger partial charge in [0.2, 0.25) is 5.88 Å². The predicted molar refractivity (Wildman–Crippen MR) is 84.7 cm³/mol. The number of hydrogen-bond acceptors (Lipinski definition) is 4. The number of ether oxygens (including phenoxy) is 1. The van der Waals surface area contributed by atoms with E-state index in [1.807, 2.05) is 0 Å². The summed E-state index contributed by atoms with van der Waals surface area (Å²) < 4.78 is 5.37. The molecular formula is C15H20ClN3O4. The van der Waals surface area contributed by atoms with Crippen LogP contribution in [0.15, 0.2) is 18.3 Å². The lowest BCUT2D eigenvalue weighted by Crippen LogP contribution is -2.45. The van der Waals surface area contributed by atoms with E-state index in [0.29, 0.717) is 43.1 Å². The van der Waals surface area contributed by atoms with Crippen molar-refractivity contribution in [3.63, 3.8) is 0 Å². The van der Waals surface area contributed by atoms with Gasteiger partial charge in [-0.25, -0.2) is 9.78 Å². The summed E-state index contributed by atoms with van der Waals surface area (Å²) in [6.45, 7) is 0.582. The van der Waals surface area contributed by atoms with Crippen LogP contribution in [0.1, 0.15) is 25.7 Å². The number of pyridine rings is 1. The van der Waals surface area contributed by atoms with Crippen LogP contribution in [0.3, 0.4) is 0 Å². The summed E-state index contributed by atoms with van der Waals surface area (Å²) in [6.07, 6.45) is 4.15. The fraction of sp³-hybridized carbons (Fsp3) is 0.533. The third-order valence-electron chi connectivity index (χ3n) is 3.76. The highest BCUT2D eigenvalue weighted by molar-refractivity contribution is 6.31. The zero-order valence-electron chi connectivity index (χ0n) is 12.6. The van der Waals surface area contributed by atoms with E-state index in [1.54, 1.807) is 18.3 Å². The van der Waals surface area contributed by atoms with Gasteiger partial charge in [0.25, 0.3) is 0 Å². The second-order valence-corrected chi connectivity index (χ2v) is 5.83. The first kappa shape index (κ1) is 17.3. The lowest BCUT2D eigenvalue weighted by Gasteiger charge is -2.26. The molecule has 23 heavy (non-hydrogen) atoms. The smallest absolute Gasteiger partial charge is 0.315 e. The summed E-state index contributed by atoms with van der Waals surface area (Å²) in [6, 6.07) is 3.13. The Morgan fingerprint density at radius 3 is 2.74 bits per heavy atom. The average Bonchev–Trinajstić information content (AvgIpc) is 2.53. The minimum atomic E-state index is -0.752. The predicted octanol–water partition coefficient (Wildman–Crippen LogP) is 2.06. The number of hydrogen-bond donors (Lipinski definition) is 3. The summed E-state index contributed by atoms with van der Waals surface area (Å²) in [4.78, 5) is 26.6. The maximum Gasteiger partial charge on any atom is 0.315 e. The molecule has 1 saturated carbocycles. The normalized spacial score (nSPS) is 20.6. The highest BCUT2D eigenvalue weighted by Crippen LogP contribution is 2.24. The summed E-state index contributed by atoms with van der Waals surface area (Å²) in [5.41, 5.74) is 0. The maximum atomic E-state index is 11.8. The van der Waals surface area contributed by atoms with E-state index >= 15 is 0 Å². The first-order valence-corrected chi connectivity index (χ1v) is 7.94. The van der Waals surface area contributed by atoms with E-state index in [4.69, 9.17) is 21.4 Å². The number of rotatable bonds is 6. The van der Waals surface area contributed by atoms with Crippen molar-refractivity contribution < 1.29 is 19.4 Å². The van der Waals surface area contributed by atoms with E-state index in [1.165, 1.54) is 0 Å². The molecule has 1 heterocycles. The van der Waals surface area contributed by atoms with Crippen LogP contribution in [0.2, 0.25) is 5.02 Å². The fourth-order valence-corrected chi connectivity index (χ4v) is 2.69. The molecule has 2 amide bonds. The van der Waals surface area contributed by atoms with Gasteiger partial charge in [0.15, 0.2) is 0 Å². The number of aromatic nitrogens is 1. The standard InChI is InChI=1S/C15H20ClN3O4/c16-12-2-1-7-17-13(12)23-9-8-18-15(22)19-11-5-3-10(4-6-11)14(20)21/h1-2,7,10-11H,3-6,8-9H2,(H,20,21)(H2,18,19,22).